The molecule has 2 rings (SSSR count). The van der Waals surface area contributed by atoms with Crippen LogP contribution in [0.2, 0.25) is 0 Å². The van der Waals surface area contributed by atoms with Crippen molar-refractivity contribution in [3.63, 3.8) is 0 Å². The van der Waals surface area contributed by atoms with Crippen molar-refractivity contribution in [3.05, 3.63) is 35.9 Å². The first-order chi connectivity index (χ1) is 12.0. The predicted octanol–water partition coefficient (Wildman–Crippen LogP) is 3.27. The summed E-state index contributed by atoms with van der Waals surface area (Å²) in [5.74, 6) is 0.000752. The van der Waals surface area contributed by atoms with Gasteiger partial charge in [-0.3, -0.25) is 4.18 Å². The Labute approximate surface area is 156 Å². The SMILES string of the molecule is CC(C)(C)OC(=O)N[C@@H]1CC[C@H](OS(C)(=O)=O)[C@@H](Cc2ccccc2)C1. The lowest BCUT2D eigenvalue weighted by molar-refractivity contribution is 0.0416. The van der Waals surface area contributed by atoms with Crippen molar-refractivity contribution in [1.82, 2.24) is 5.32 Å². The predicted molar refractivity (Wildman–Crippen MR) is 100 cm³/mol. The number of hydrogen-bond acceptors (Lipinski definition) is 5. The van der Waals surface area contributed by atoms with Crippen LogP contribution >= 0.6 is 0 Å². The van der Waals surface area contributed by atoms with Crippen LogP contribution in [0.1, 0.15) is 45.6 Å². The van der Waals surface area contributed by atoms with Crippen LogP contribution in [-0.4, -0.2) is 38.5 Å². The van der Waals surface area contributed by atoms with Crippen molar-refractivity contribution in [3.8, 4) is 0 Å². The van der Waals surface area contributed by atoms with E-state index in [0.29, 0.717) is 25.7 Å². The fraction of sp³-hybridized carbons (Fsp3) is 0.632. The van der Waals surface area contributed by atoms with Crippen molar-refractivity contribution in [2.24, 2.45) is 5.92 Å². The maximum Gasteiger partial charge on any atom is 0.407 e. The van der Waals surface area contributed by atoms with Crippen molar-refractivity contribution in [2.75, 3.05) is 6.26 Å². The van der Waals surface area contributed by atoms with E-state index in [1.807, 2.05) is 51.1 Å². The van der Waals surface area contributed by atoms with E-state index in [1.165, 1.54) is 0 Å². The van der Waals surface area contributed by atoms with E-state index in [1.54, 1.807) is 0 Å². The van der Waals surface area contributed by atoms with Gasteiger partial charge in [0.25, 0.3) is 10.1 Å². The molecule has 0 radical (unpaired) electrons. The van der Waals surface area contributed by atoms with Crippen LogP contribution < -0.4 is 5.32 Å². The summed E-state index contributed by atoms with van der Waals surface area (Å²) >= 11 is 0. The zero-order valence-electron chi connectivity index (χ0n) is 15.9. The second-order valence-corrected chi connectivity index (χ2v) is 9.55. The van der Waals surface area contributed by atoms with Crippen molar-refractivity contribution >= 4 is 16.2 Å². The highest BCUT2D eigenvalue weighted by Gasteiger charge is 2.34. The standard InChI is InChI=1S/C19H29NO5S/c1-19(2,3)24-18(21)20-16-10-11-17(25-26(4,22)23)15(13-16)12-14-8-6-5-7-9-14/h5-9,15-17H,10-13H2,1-4H3,(H,20,21)/t15-,16+,17-/m0/s1. The van der Waals surface area contributed by atoms with Crippen LogP contribution in [-0.2, 0) is 25.5 Å². The van der Waals surface area contributed by atoms with Crippen LogP contribution in [0.3, 0.4) is 0 Å². The summed E-state index contributed by atoms with van der Waals surface area (Å²) in [6.45, 7) is 5.46. The van der Waals surface area contributed by atoms with Gasteiger partial charge < -0.3 is 10.1 Å². The highest BCUT2D eigenvalue weighted by Crippen LogP contribution is 2.31. The van der Waals surface area contributed by atoms with Crippen molar-refractivity contribution in [1.29, 1.82) is 0 Å². The van der Waals surface area contributed by atoms with E-state index >= 15 is 0 Å². The first-order valence-electron chi connectivity index (χ1n) is 8.93. The Morgan fingerprint density at radius 2 is 1.85 bits per heavy atom. The third-order valence-corrected chi connectivity index (χ3v) is 4.87. The molecule has 0 heterocycles. The van der Waals surface area contributed by atoms with Gasteiger partial charge in [0.05, 0.1) is 12.4 Å². The largest absolute Gasteiger partial charge is 0.444 e. The number of rotatable bonds is 5. The minimum absolute atomic E-state index is 0.000752. The van der Waals surface area contributed by atoms with E-state index < -0.39 is 21.8 Å². The minimum Gasteiger partial charge on any atom is -0.444 e. The second-order valence-electron chi connectivity index (χ2n) is 7.94. The second kappa shape index (κ2) is 8.39. The lowest BCUT2D eigenvalue weighted by Crippen LogP contribution is -2.45. The normalized spacial score (nSPS) is 24.1. The highest BCUT2D eigenvalue weighted by molar-refractivity contribution is 7.86. The molecule has 1 aromatic carbocycles. The Balaban J connectivity index is 2.05. The molecule has 0 bridgehead atoms. The molecule has 3 atom stereocenters. The summed E-state index contributed by atoms with van der Waals surface area (Å²) in [5.41, 5.74) is 0.571. The maximum absolute atomic E-state index is 12.0. The fourth-order valence-corrected chi connectivity index (χ4v) is 4.03. The third-order valence-electron chi connectivity index (χ3n) is 4.27. The molecule has 1 aliphatic rings. The summed E-state index contributed by atoms with van der Waals surface area (Å²) in [5, 5.41) is 2.91. The van der Waals surface area contributed by atoms with Crippen LogP contribution in [0.15, 0.2) is 30.3 Å². The lowest BCUT2D eigenvalue weighted by Gasteiger charge is -2.36. The molecule has 0 unspecified atom stereocenters. The number of ether oxygens (including phenoxy) is 1. The van der Waals surface area contributed by atoms with E-state index in [0.717, 1.165) is 11.8 Å². The highest BCUT2D eigenvalue weighted by atomic mass is 32.2. The molecule has 1 aromatic rings. The summed E-state index contributed by atoms with van der Waals surface area (Å²) < 4.78 is 33.9. The molecule has 1 amide bonds. The Kier molecular flexibility index (Phi) is 6.69. The molecule has 0 aliphatic heterocycles. The van der Waals surface area contributed by atoms with Gasteiger partial charge in [-0.05, 0) is 57.9 Å². The van der Waals surface area contributed by atoms with Gasteiger partial charge in [0.15, 0.2) is 0 Å². The van der Waals surface area contributed by atoms with E-state index in [4.69, 9.17) is 8.92 Å². The zero-order chi connectivity index (χ0) is 19.4. The number of nitrogens with one attached hydrogen (secondary N) is 1. The molecule has 1 fully saturated rings. The topological polar surface area (TPSA) is 81.7 Å². The molecule has 6 nitrogen and oxygen atoms in total. The first-order valence-corrected chi connectivity index (χ1v) is 10.8. The van der Waals surface area contributed by atoms with Gasteiger partial charge in [-0.2, -0.15) is 8.42 Å². The van der Waals surface area contributed by atoms with E-state index in [2.05, 4.69) is 5.32 Å². The van der Waals surface area contributed by atoms with Gasteiger partial charge in [-0.15, -0.1) is 0 Å². The summed E-state index contributed by atoms with van der Waals surface area (Å²) in [6.07, 6.45) is 2.85. The molecule has 146 valence electrons. The Hall–Kier alpha value is -1.60. The molecule has 0 spiro atoms. The van der Waals surface area contributed by atoms with Gasteiger partial charge >= 0.3 is 6.09 Å². The van der Waals surface area contributed by atoms with Crippen molar-refractivity contribution in [2.45, 2.75) is 64.2 Å². The Bertz CT molecular complexity index is 696. The number of alkyl carbamates (subject to hydrolysis) is 1. The number of carbonyl (C=O) groups is 1. The molecule has 26 heavy (non-hydrogen) atoms. The van der Waals surface area contributed by atoms with Gasteiger partial charge in [-0.1, -0.05) is 30.3 Å². The lowest BCUT2D eigenvalue weighted by atomic mass is 9.80. The summed E-state index contributed by atoms with van der Waals surface area (Å²) in [4.78, 5) is 12.0. The monoisotopic (exact) mass is 383 g/mol. The molecule has 1 aliphatic carbocycles. The fourth-order valence-electron chi connectivity index (χ4n) is 3.32. The molecular weight excluding hydrogens is 354 g/mol. The molecule has 1 N–H and O–H groups in total. The summed E-state index contributed by atoms with van der Waals surface area (Å²) in [7, 11) is -3.53. The zero-order valence-corrected chi connectivity index (χ0v) is 16.7. The molecular formula is C19H29NO5S. The Morgan fingerprint density at radius 1 is 1.19 bits per heavy atom. The quantitative estimate of drug-likeness (QED) is 0.789. The summed E-state index contributed by atoms with van der Waals surface area (Å²) in [6, 6.07) is 9.84. The average molecular weight is 384 g/mol. The first kappa shape index (κ1) is 20.7. The Morgan fingerprint density at radius 3 is 2.42 bits per heavy atom. The van der Waals surface area contributed by atoms with Crippen molar-refractivity contribution < 1.29 is 22.1 Å². The van der Waals surface area contributed by atoms with Crippen LogP contribution in [0, 0.1) is 5.92 Å². The molecule has 7 heteroatoms. The number of carbonyl (C=O) groups excluding carboxylic acids is 1. The number of amides is 1. The van der Waals surface area contributed by atoms with Crippen LogP contribution in [0.5, 0.6) is 0 Å². The smallest absolute Gasteiger partial charge is 0.407 e. The number of hydrogen-bond donors (Lipinski definition) is 1. The van der Waals surface area contributed by atoms with Gasteiger partial charge in [0, 0.05) is 6.04 Å². The van der Waals surface area contributed by atoms with Crippen LogP contribution in [0.25, 0.3) is 0 Å². The van der Waals surface area contributed by atoms with E-state index in [-0.39, 0.29) is 18.1 Å². The molecule has 1 saturated carbocycles. The van der Waals surface area contributed by atoms with E-state index in [9.17, 15) is 13.2 Å². The van der Waals surface area contributed by atoms with Gasteiger partial charge in [-0.25, -0.2) is 4.79 Å². The molecule has 0 aromatic heterocycles. The third kappa shape index (κ3) is 7.33. The number of benzene rings is 1. The van der Waals surface area contributed by atoms with Gasteiger partial charge in [0.1, 0.15) is 5.60 Å². The average Bonchev–Trinajstić information content (AvgIpc) is 2.48. The minimum atomic E-state index is -3.53. The van der Waals surface area contributed by atoms with Crippen LogP contribution in [0.4, 0.5) is 4.79 Å². The van der Waals surface area contributed by atoms with Gasteiger partial charge in [0.2, 0.25) is 0 Å². The molecule has 0 saturated heterocycles. The maximum atomic E-state index is 12.0.